The van der Waals surface area contributed by atoms with Crippen LogP contribution in [0.25, 0.3) is 0 Å². The highest BCUT2D eigenvalue weighted by molar-refractivity contribution is 5.72. The number of carbonyl (C=O) groups is 3. The van der Waals surface area contributed by atoms with Gasteiger partial charge in [0.2, 0.25) is 0 Å². The topological polar surface area (TPSA) is 139 Å². The Morgan fingerprint density at radius 3 is 2.32 bits per heavy atom. The molecule has 5 fully saturated rings. The summed E-state index contributed by atoms with van der Waals surface area (Å²) in [6.07, 6.45) is -0.987. The molecule has 1 spiro atoms. The molecule has 41 heavy (non-hydrogen) atoms. The van der Waals surface area contributed by atoms with Gasteiger partial charge in [0, 0.05) is 38.7 Å². The Morgan fingerprint density at radius 2 is 1.76 bits per heavy atom. The van der Waals surface area contributed by atoms with E-state index in [1.54, 1.807) is 14.0 Å². The molecule has 11 heteroatoms. The molecule has 3 saturated heterocycles. The van der Waals surface area contributed by atoms with Gasteiger partial charge in [-0.1, -0.05) is 27.7 Å². The molecule has 232 valence electrons. The van der Waals surface area contributed by atoms with Gasteiger partial charge in [0.25, 0.3) is 0 Å². The Morgan fingerprint density at radius 1 is 1.05 bits per heavy atom. The van der Waals surface area contributed by atoms with Crippen LogP contribution in [0.1, 0.15) is 73.6 Å². The van der Waals surface area contributed by atoms with E-state index in [-0.39, 0.29) is 55.7 Å². The van der Waals surface area contributed by atoms with Gasteiger partial charge in [-0.25, -0.2) is 0 Å². The third-order valence-electron chi connectivity index (χ3n) is 11.1. The molecule has 11 nitrogen and oxygen atoms in total. The van der Waals surface area contributed by atoms with Crippen LogP contribution in [-0.2, 0) is 47.5 Å². The lowest BCUT2D eigenvalue weighted by molar-refractivity contribution is -0.289. The molecule has 0 amide bonds. The predicted octanol–water partition coefficient (Wildman–Crippen LogP) is 2.75. The minimum Gasteiger partial charge on any atom is -0.465 e. The molecular formula is C30H46O11. The summed E-state index contributed by atoms with van der Waals surface area (Å²) >= 11 is 0. The maximum Gasteiger partial charge on any atom is 0.309 e. The van der Waals surface area contributed by atoms with Crippen LogP contribution in [0.15, 0.2) is 0 Å². The first-order chi connectivity index (χ1) is 19.3. The van der Waals surface area contributed by atoms with E-state index in [0.717, 1.165) is 12.8 Å². The molecule has 3 heterocycles. The van der Waals surface area contributed by atoms with Gasteiger partial charge in [-0.2, -0.15) is 0 Å². The van der Waals surface area contributed by atoms with Crippen molar-refractivity contribution in [3.63, 3.8) is 0 Å². The van der Waals surface area contributed by atoms with Gasteiger partial charge in [0.15, 0.2) is 18.7 Å². The van der Waals surface area contributed by atoms with Crippen LogP contribution in [0.3, 0.4) is 0 Å². The predicted molar refractivity (Wildman–Crippen MR) is 142 cm³/mol. The Hall–Kier alpha value is -1.79. The second-order valence-electron chi connectivity index (χ2n) is 13.1. The number of aliphatic hydroxyl groups is 1. The van der Waals surface area contributed by atoms with E-state index in [2.05, 4.69) is 13.8 Å². The number of methoxy groups -OCH3 is 1. The molecule has 5 rings (SSSR count). The smallest absolute Gasteiger partial charge is 0.309 e. The van der Waals surface area contributed by atoms with Gasteiger partial charge >= 0.3 is 17.9 Å². The largest absolute Gasteiger partial charge is 0.465 e. The van der Waals surface area contributed by atoms with Gasteiger partial charge in [-0.05, 0) is 37.5 Å². The van der Waals surface area contributed by atoms with E-state index in [0.29, 0.717) is 12.8 Å². The van der Waals surface area contributed by atoms with Crippen LogP contribution < -0.4 is 0 Å². The van der Waals surface area contributed by atoms with E-state index >= 15 is 0 Å². The summed E-state index contributed by atoms with van der Waals surface area (Å²) in [5.41, 5.74) is -2.86. The lowest BCUT2D eigenvalue weighted by Crippen LogP contribution is -2.74. The van der Waals surface area contributed by atoms with E-state index < -0.39 is 58.9 Å². The summed E-state index contributed by atoms with van der Waals surface area (Å²) in [4.78, 5) is 37.8. The molecule has 2 saturated carbocycles. The molecule has 0 aromatic heterocycles. The highest BCUT2D eigenvalue weighted by Crippen LogP contribution is 2.70. The van der Waals surface area contributed by atoms with Gasteiger partial charge in [-0.15, -0.1) is 0 Å². The maximum absolute atomic E-state index is 13.0. The Balaban J connectivity index is 1.59. The van der Waals surface area contributed by atoms with Crippen molar-refractivity contribution in [1.82, 2.24) is 0 Å². The lowest BCUT2D eigenvalue weighted by Gasteiger charge is -2.65. The number of fused-ring (bicyclic) bond motifs is 3. The molecule has 0 bridgehead atoms. The number of carbonyl (C=O) groups excluding carboxylic acids is 3. The minimum atomic E-state index is -1.21. The first-order valence-corrected chi connectivity index (χ1v) is 15.0. The summed E-state index contributed by atoms with van der Waals surface area (Å²) in [5, 5.41) is 11.7. The number of ether oxygens (including phenoxy) is 7. The van der Waals surface area contributed by atoms with Gasteiger partial charge in [0.05, 0.1) is 30.1 Å². The molecule has 0 aromatic rings. The average molecular weight is 583 g/mol. The number of hydrogen-bond acceptors (Lipinski definition) is 11. The van der Waals surface area contributed by atoms with Crippen molar-refractivity contribution in [3.05, 3.63) is 0 Å². The minimum absolute atomic E-state index is 0.00781. The van der Waals surface area contributed by atoms with Crippen molar-refractivity contribution >= 4 is 17.9 Å². The number of hydrogen-bond donors (Lipinski definition) is 1. The van der Waals surface area contributed by atoms with Crippen LogP contribution in [0.5, 0.6) is 0 Å². The summed E-state index contributed by atoms with van der Waals surface area (Å²) < 4.78 is 42.1. The zero-order valence-electron chi connectivity index (χ0n) is 25.3. The van der Waals surface area contributed by atoms with Crippen molar-refractivity contribution in [2.24, 2.45) is 34.5 Å². The second kappa shape index (κ2) is 11.0. The lowest BCUT2D eigenvalue weighted by atomic mass is 9.41. The molecule has 13 atom stereocenters. The van der Waals surface area contributed by atoms with Crippen molar-refractivity contribution in [1.29, 1.82) is 0 Å². The summed E-state index contributed by atoms with van der Waals surface area (Å²) in [6.45, 7) is 10.7. The summed E-state index contributed by atoms with van der Waals surface area (Å²) in [6, 6.07) is 0. The number of aliphatic hydroxyl groups excluding tert-OH is 1. The van der Waals surface area contributed by atoms with Crippen molar-refractivity contribution in [2.75, 3.05) is 20.3 Å². The van der Waals surface area contributed by atoms with Gasteiger partial charge in [0.1, 0.15) is 18.3 Å². The highest BCUT2D eigenvalue weighted by Gasteiger charge is 2.81. The monoisotopic (exact) mass is 582 g/mol. The third kappa shape index (κ3) is 4.80. The summed E-state index contributed by atoms with van der Waals surface area (Å²) in [7, 11) is 1.62. The summed E-state index contributed by atoms with van der Waals surface area (Å²) in [5.74, 6) is -1.98. The quantitative estimate of drug-likeness (QED) is 0.257. The first-order valence-electron chi connectivity index (χ1n) is 15.0. The van der Waals surface area contributed by atoms with E-state index in [1.165, 1.54) is 13.8 Å². The van der Waals surface area contributed by atoms with Crippen LogP contribution >= 0.6 is 0 Å². The van der Waals surface area contributed by atoms with Gasteiger partial charge < -0.3 is 38.3 Å². The molecule has 3 aliphatic heterocycles. The number of rotatable bonds is 8. The van der Waals surface area contributed by atoms with Crippen LogP contribution in [0.4, 0.5) is 0 Å². The highest BCUT2D eigenvalue weighted by atomic mass is 16.8. The first kappa shape index (κ1) is 30.7. The third-order valence-corrected chi connectivity index (χ3v) is 11.1. The van der Waals surface area contributed by atoms with E-state index in [4.69, 9.17) is 33.2 Å². The molecule has 0 aromatic carbocycles. The molecule has 5 aliphatic rings. The fourth-order valence-corrected chi connectivity index (χ4v) is 8.47. The van der Waals surface area contributed by atoms with Crippen molar-refractivity contribution in [2.45, 2.75) is 116 Å². The van der Waals surface area contributed by atoms with Crippen LogP contribution in [0, 0.1) is 34.5 Å². The standard InChI is InChI=1S/C30H46O11/c1-8-15(2)26(34)41-25-20(33)12-21-28(6,22-10-19-11-24(35-7)40-27(19)39-22)16(3)9-23(38-18(5)32)29(21,13-36-17(4)31)30(25)14-37-30/h15-16,19-25,27,33H,8-14H2,1-7H3/t15?,16-,19+,20-,21-,22+,23+,24-,25+,27-,28+,29+,30-/m1/s1. The second-order valence-corrected chi connectivity index (χ2v) is 13.1. The molecule has 1 unspecified atom stereocenters. The Labute approximate surface area is 241 Å². The fourth-order valence-electron chi connectivity index (χ4n) is 8.47. The average Bonchev–Trinajstić information content (AvgIpc) is 3.45. The van der Waals surface area contributed by atoms with Crippen molar-refractivity contribution in [3.8, 4) is 0 Å². The fraction of sp³-hybridized carbons (Fsp3) is 0.900. The van der Waals surface area contributed by atoms with E-state index in [1.807, 2.05) is 6.92 Å². The van der Waals surface area contributed by atoms with E-state index in [9.17, 15) is 19.5 Å². The molecule has 2 aliphatic carbocycles. The van der Waals surface area contributed by atoms with Crippen LogP contribution in [-0.4, -0.2) is 85.9 Å². The SMILES string of the molecule is CCC(C)C(=O)O[C@H]1[C@H](O)C[C@@H]2[C@@](C)([C@@H]3C[C@H]4C[C@H](OC)O[C@H]4O3)[C@H](C)C[C@H](OC(C)=O)[C@@]2(COC(C)=O)[C@@]12CO2. The van der Waals surface area contributed by atoms with Crippen LogP contribution in [0.2, 0.25) is 0 Å². The molecule has 1 N–H and O–H groups in total. The Kier molecular flexibility index (Phi) is 8.26. The number of esters is 3. The van der Waals surface area contributed by atoms with Gasteiger partial charge in [-0.3, -0.25) is 14.4 Å². The molecular weight excluding hydrogens is 536 g/mol. The Bertz CT molecular complexity index is 1010. The number of epoxide rings is 1. The zero-order chi connectivity index (χ0) is 29.9. The maximum atomic E-state index is 13.0. The zero-order valence-corrected chi connectivity index (χ0v) is 25.3. The normalized spacial score (nSPS) is 47.3. The molecule has 0 radical (unpaired) electrons. The van der Waals surface area contributed by atoms with Crippen molar-refractivity contribution < 1.29 is 52.6 Å².